The Balaban J connectivity index is 2.47. The van der Waals surface area contributed by atoms with Gasteiger partial charge in [0.15, 0.2) is 0 Å². The summed E-state index contributed by atoms with van der Waals surface area (Å²) in [5.74, 6) is -0.299. The Morgan fingerprint density at radius 1 is 1.33 bits per heavy atom. The second-order valence-corrected chi connectivity index (χ2v) is 7.41. The normalized spacial score (nSPS) is 19.2. The van der Waals surface area contributed by atoms with Gasteiger partial charge in [0.05, 0.1) is 22.2 Å². The molecule has 0 fully saturated rings. The van der Waals surface area contributed by atoms with Gasteiger partial charge in [-0.15, -0.1) is 0 Å². The van der Waals surface area contributed by atoms with E-state index in [1.807, 2.05) is 13.8 Å². The second-order valence-electron chi connectivity index (χ2n) is 7.41. The van der Waals surface area contributed by atoms with E-state index in [9.17, 15) is 18.4 Å². The van der Waals surface area contributed by atoms with Gasteiger partial charge in [-0.05, 0) is 36.1 Å². The fourth-order valence-electron chi connectivity index (χ4n) is 4.12. The third-order valence-electron chi connectivity index (χ3n) is 5.32. The second kappa shape index (κ2) is 7.54. The molecule has 1 unspecified atom stereocenters. The van der Waals surface area contributed by atoms with Crippen molar-refractivity contribution in [1.29, 1.82) is 5.26 Å². The Hall–Kier alpha value is -3.25. The zero-order chi connectivity index (χ0) is 22.3. The molecule has 0 saturated carbocycles. The third kappa shape index (κ3) is 3.23. The molecule has 158 valence electrons. The van der Waals surface area contributed by atoms with Crippen LogP contribution >= 0.6 is 0 Å². The summed E-state index contributed by atoms with van der Waals surface area (Å²) >= 11 is 0. The van der Waals surface area contributed by atoms with E-state index in [2.05, 4.69) is 16.3 Å². The van der Waals surface area contributed by atoms with Crippen LogP contribution in [0.4, 0.5) is 13.2 Å². The molecule has 0 spiro atoms. The number of nitriles is 1. The predicted molar refractivity (Wildman–Crippen MR) is 106 cm³/mol. The van der Waals surface area contributed by atoms with Crippen LogP contribution in [0, 0.1) is 24.2 Å². The molecule has 0 saturated heterocycles. The standard InChI is InChI=1S/C21H22F3N5O/c1-11(2)20(16(10-26)18(27)30-19-17(20)12(3)28-29-19)14-7-13(5-4-6-25)8-15(9-14)21(22,23)24/h4-5,7-9,11H,6,25,27H2,1-3H3,(H,28,29). The molecule has 9 heteroatoms. The largest absolute Gasteiger partial charge is 0.422 e. The third-order valence-corrected chi connectivity index (χ3v) is 5.32. The molecule has 2 heterocycles. The number of benzene rings is 1. The maximum absolute atomic E-state index is 13.7. The number of aromatic amines is 1. The van der Waals surface area contributed by atoms with Crippen molar-refractivity contribution in [2.24, 2.45) is 17.4 Å². The quantitative estimate of drug-likeness (QED) is 0.701. The summed E-state index contributed by atoms with van der Waals surface area (Å²) in [7, 11) is 0. The highest BCUT2D eigenvalue weighted by molar-refractivity contribution is 5.64. The van der Waals surface area contributed by atoms with Gasteiger partial charge in [-0.3, -0.25) is 0 Å². The van der Waals surface area contributed by atoms with Gasteiger partial charge in [0.1, 0.15) is 11.6 Å². The highest BCUT2D eigenvalue weighted by atomic mass is 19.4. The molecule has 1 aliphatic heterocycles. The fourth-order valence-corrected chi connectivity index (χ4v) is 4.12. The molecule has 1 aromatic carbocycles. The van der Waals surface area contributed by atoms with Gasteiger partial charge in [-0.25, -0.2) is 5.10 Å². The molecule has 30 heavy (non-hydrogen) atoms. The Morgan fingerprint density at radius 2 is 2.03 bits per heavy atom. The number of nitrogens with one attached hydrogen (secondary N) is 1. The number of ether oxygens (including phenoxy) is 1. The Bertz CT molecular complexity index is 1080. The van der Waals surface area contributed by atoms with Crippen LogP contribution in [-0.4, -0.2) is 16.7 Å². The minimum Gasteiger partial charge on any atom is -0.422 e. The van der Waals surface area contributed by atoms with Crippen molar-refractivity contribution >= 4 is 6.08 Å². The molecule has 1 aromatic heterocycles. The molecular formula is C21H22F3N5O. The van der Waals surface area contributed by atoms with Crippen molar-refractivity contribution in [3.63, 3.8) is 0 Å². The molecule has 2 aromatic rings. The number of H-pyrrole nitrogens is 1. The molecule has 3 rings (SSSR count). The lowest BCUT2D eigenvalue weighted by Gasteiger charge is -2.41. The Morgan fingerprint density at radius 3 is 2.60 bits per heavy atom. The Kier molecular flexibility index (Phi) is 5.39. The summed E-state index contributed by atoms with van der Waals surface area (Å²) in [6.45, 7) is 5.52. The van der Waals surface area contributed by atoms with Gasteiger partial charge in [0, 0.05) is 6.54 Å². The van der Waals surface area contributed by atoms with Crippen LogP contribution in [0.25, 0.3) is 6.08 Å². The van der Waals surface area contributed by atoms with Gasteiger partial charge in [-0.2, -0.15) is 23.5 Å². The van der Waals surface area contributed by atoms with Crippen LogP contribution in [0.2, 0.25) is 0 Å². The lowest BCUT2D eigenvalue weighted by atomic mass is 9.61. The smallest absolute Gasteiger partial charge is 0.416 e. The molecular weight excluding hydrogens is 395 g/mol. The first kappa shape index (κ1) is 21.5. The van der Waals surface area contributed by atoms with Gasteiger partial charge < -0.3 is 16.2 Å². The minimum absolute atomic E-state index is 0.0441. The van der Waals surface area contributed by atoms with E-state index in [0.29, 0.717) is 16.8 Å². The summed E-state index contributed by atoms with van der Waals surface area (Å²) in [5, 5.41) is 16.8. The average molecular weight is 417 g/mol. The average Bonchev–Trinajstić information content (AvgIpc) is 3.04. The summed E-state index contributed by atoms with van der Waals surface area (Å²) in [6.07, 6.45) is -1.50. The van der Waals surface area contributed by atoms with E-state index in [1.165, 1.54) is 6.08 Å². The fraction of sp³-hybridized carbons (Fsp3) is 0.333. The molecule has 1 aliphatic rings. The first-order valence-corrected chi connectivity index (χ1v) is 9.30. The summed E-state index contributed by atoms with van der Waals surface area (Å²) in [4.78, 5) is 0. The van der Waals surface area contributed by atoms with Crippen LogP contribution in [-0.2, 0) is 11.6 Å². The van der Waals surface area contributed by atoms with Crippen LogP contribution in [0.15, 0.2) is 35.7 Å². The summed E-state index contributed by atoms with van der Waals surface area (Å²) < 4.78 is 46.8. The first-order valence-electron chi connectivity index (χ1n) is 9.30. The maximum atomic E-state index is 13.7. The van der Waals surface area contributed by atoms with Crippen LogP contribution in [0.1, 0.15) is 41.8 Å². The van der Waals surface area contributed by atoms with Crippen molar-refractivity contribution in [1.82, 2.24) is 10.2 Å². The van der Waals surface area contributed by atoms with Crippen molar-refractivity contribution in [3.8, 4) is 11.9 Å². The zero-order valence-corrected chi connectivity index (χ0v) is 16.8. The molecule has 0 bridgehead atoms. The lowest BCUT2D eigenvalue weighted by molar-refractivity contribution is -0.137. The van der Waals surface area contributed by atoms with Crippen molar-refractivity contribution in [2.45, 2.75) is 32.4 Å². The van der Waals surface area contributed by atoms with Crippen molar-refractivity contribution in [3.05, 3.63) is 63.7 Å². The van der Waals surface area contributed by atoms with Gasteiger partial charge in [0.25, 0.3) is 0 Å². The number of nitrogens with two attached hydrogens (primary N) is 2. The molecule has 6 nitrogen and oxygen atoms in total. The van der Waals surface area contributed by atoms with Gasteiger partial charge in [0.2, 0.25) is 11.8 Å². The van der Waals surface area contributed by atoms with E-state index < -0.39 is 17.2 Å². The summed E-state index contributed by atoms with van der Waals surface area (Å²) in [6, 6.07) is 5.80. The Labute approximate surface area is 172 Å². The van der Waals surface area contributed by atoms with Crippen LogP contribution in [0.5, 0.6) is 5.88 Å². The molecule has 0 radical (unpaired) electrons. The van der Waals surface area contributed by atoms with Crippen molar-refractivity contribution < 1.29 is 17.9 Å². The van der Waals surface area contributed by atoms with Crippen LogP contribution < -0.4 is 16.2 Å². The first-order chi connectivity index (χ1) is 14.1. The van der Waals surface area contributed by atoms with E-state index >= 15 is 0 Å². The van der Waals surface area contributed by atoms with Crippen LogP contribution in [0.3, 0.4) is 0 Å². The van der Waals surface area contributed by atoms with Crippen molar-refractivity contribution in [2.75, 3.05) is 6.54 Å². The van der Waals surface area contributed by atoms with E-state index in [-0.39, 0.29) is 35.4 Å². The SMILES string of the molecule is Cc1n[nH]c2c1C(c1cc(C=CCN)cc(C(F)(F)F)c1)(C(C)C)C(C#N)=C(N)O2. The number of rotatable bonds is 4. The molecule has 1 atom stereocenters. The lowest BCUT2D eigenvalue weighted by Crippen LogP contribution is -2.41. The molecule has 0 aliphatic carbocycles. The maximum Gasteiger partial charge on any atom is 0.416 e. The number of nitrogens with zero attached hydrogens (tertiary/aromatic N) is 2. The monoisotopic (exact) mass is 417 g/mol. The predicted octanol–water partition coefficient (Wildman–Crippen LogP) is 3.74. The number of fused-ring (bicyclic) bond motifs is 1. The highest BCUT2D eigenvalue weighted by Gasteiger charge is 2.51. The van der Waals surface area contributed by atoms with Gasteiger partial charge >= 0.3 is 6.18 Å². The number of halogens is 3. The van der Waals surface area contributed by atoms with E-state index in [1.54, 1.807) is 19.1 Å². The van der Waals surface area contributed by atoms with Gasteiger partial charge in [-0.1, -0.05) is 32.1 Å². The van der Waals surface area contributed by atoms with E-state index in [4.69, 9.17) is 16.2 Å². The highest BCUT2D eigenvalue weighted by Crippen LogP contribution is 2.53. The number of aryl methyl sites for hydroxylation is 1. The molecule has 0 amide bonds. The topological polar surface area (TPSA) is 114 Å². The zero-order valence-electron chi connectivity index (χ0n) is 16.8. The van der Waals surface area contributed by atoms with E-state index in [0.717, 1.165) is 12.1 Å². The minimum atomic E-state index is -4.58. The summed E-state index contributed by atoms with van der Waals surface area (Å²) in [5.41, 5.74) is 11.0. The number of hydrogen-bond donors (Lipinski definition) is 3. The number of aromatic nitrogens is 2. The number of hydrogen-bond acceptors (Lipinski definition) is 5. The number of allylic oxidation sites excluding steroid dienone is 1. The molecule has 5 N–H and O–H groups in total. The number of alkyl halides is 3.